The molecule has 0 aliphatic carbocycles. The number of aromatic nitrogens is 1. The van der Waals surface area contributed by atoms with Gasteiger partial charge in [-0.3, -0.25) is 4.79 Å². The first-order valence-electron chi connectivity index (χ1n) is 5.49. The number of benzene rings is 1. The van der Waals surface area contributed by atoms with Gasteiger partial charge in [0.25, 0.3) is 0 Å². The Morgan fingerprint density at radius 2 is 2.00 bits per heavy atom. The minimum Gasteiger partial charge on any atom is -0.388 e. The van der Waals surface area contributed by atoms with E-state index in [4.69, 9.17) is 17.3 Å². The zero-order valence-electron chi connectivity index (χ0n) is 10.8. The van der Waals surface area contributed by atoms with Gasteiger partial charge in [-0.15, -0.1) is 0 Å². The lowest BCUT2D eigenvalue weighted by molar-refractivity contribution is 0.112. The monoisotopic (exact) mass is 278 g/mol. The number of halogens is 1. The van der Waals surface area contributed by atoms with Crippen molar-refractivity contribution in [1.82, 2.24) is 4.98 Å². The maximum atomic E-state index is 10.7. The van der Waals surface area contributed by atoms with Gasteiger partial charge in [-0.2, -0.15) is 0 Å². The summed E-state index contributed by atoms with van der Waals surface area (Å²) in [5, 5.41) is 0.619. The second-order valence-electron chi connectivity index (χ2n) is 3.74. The van der Waals surface area contributed by atoms with Crippen LogP contribution in [0.3, 0.4) is 0 Å². The molecule has 100 valence electrons. The van der Waals surface area contributed by atoms with Crippen LogP contribution in [0.4, 0.5) is 5.82 Å². The maximum Gasteiger partial charge on any atom is 0.151 e. The zero-order valence-corrected chi connectivity index (χ0v) is 11.5. The van der Waals surface area contributed by atoms with Crippen molar-refractivity contribution in [3.05, 3.63) is 47.1 Å². The number of aldehydes is 1. The Hall–Kier alpha value is -1.91. The van der Waals surface area contributed by atoms with Crippen molar-refractivity contribution in [2.75, 3.05) is 20.0 Å². The Morgan fingerprint density at radius 1 is 1.32 bits per heavy atom. The number of pyridine rings is 1. The first kappa shape index (κ1) is 15.1. The first-order valence-corrected chi connectivity index (χ1v) is 5.87. The van der Waals surface area contributed by atoms with Gasteiger partial charge in [0.2, 0.25) is 0 Å². The molecule has 0 radical (unpaired) electrons. The van der Waals surface area contributed by atoms with Crippen LogP contribution in [0.2, 0.25) is 5.02 Å². The van der Waals surface area contributed by atoms with Crippen LogP contribution in [0.15, 0.2) is 36.5 Å². The Labute approximate surface area is 117 Å². The molecule has 0 bridgehead atoms. The highest BCUT2D eigenvalue weighted by Gasteiger charge is 2.05. The maximum absolute atomic E-state index is 10.7. The van der Waals surface area contributed by atoms with Crippen LogP contribution < -0.4 is 5.73 Å². The fourth-order valence-corrected chi connectivity index (χ4v) is 1.63. The third-order valence-electron chi connectivity index (χ3n) is 2.21. The summed E-state index contributed by atoms with van der Waals surface area (Å²) >= 11 is 5.89. The van der Waals surface area contributed by atoms with E-state index in [-0.39, 0.29) is 0 Å². The summed E-state index contributed by atoms with van der Waals surface area (Å²) < 4.78 is 4.25. The molecule has 0 saturated carbocycles. The van der Waals surface area contributed by atoms with Gasteiger partial charge >= 0.3 is 0 Å². The van der Waals surface area contributed by atoms with Gasteiger partial charge in [-0.1, -0.05) is 23.7 Å². The van der Waals surface area contributed by atoms with E-state index >= 15 is 0 Å². The van der Waals surface area contributed by atoms with Crippen molar-refractivity contribution >= 4 is 23.7 Å². The highest BCUT2D eigenvalue weighted by Crippen LogP contribution is 2.26. The van der Waals surface area contributed by atoms with Crippen molar-refractivity contribution in [2.24, 2.45) is 0 Å². The van der Waals surface area contributed by atoms with Crippen LogP contribution >= 0.6 is 11.6 Å². The van der Waals surface area contributed by atoms with Crippen LogP contribution in [0.1, 0.15) is 10.4 Å². The van der Waals surface area contributed by atoms with Gasteiger partial charge in [-0.05, 0) is 23.8 Å². The molecule has 0 spiro atoms. The number of ether oxygens (including phenoxy) is 1. The Kier molecular flexibility index (Phi) is 5.99. The molecule has 2 aromatic rings. The first-order chi connectivity index (χ1) is 9.12. The number of nitrogens with zero attached hydrogens (tertiary/aromatic N) is 1. The number of nitrogens with two attached hydrogens (primary N) is 1. The largest absolute Gasteiger partial charge is 0.388 e. The topological polar surface area (TPSA) is 65.2 Å². The standard InChI is InChI=1S/C12H9ClN2O.C2H6O/c13-10-3-1-2-9(5-10)11-4-8(7-16)6-15-12(11)14;1-3-2/h1-7H,(H2,14,15);1-2H3. The summed E-state index contributed by atoms with van der Waals surface area (Å²) in [4.78, 5) is 14.6. The molecule has 0 aliphatic rings. The van der Waals surface area contributed by atoms with Crippen LogP contribution in [-0.4, -0.2) is 25.5 Å². The third kappa shape index (κ3) is 4.35. The van der Waals surface area contributed by atoms with Gasteiger partial charge in [-0.25, -0.2) is 4.98 Å². The second kappa shape index (κ2) is 7.51. The lowest BCUT2D eigenvalue weighted by Gasteiger charge is -2.05. The molecule has 0 saturated heterocycles. The number of hydrogen-bond acceptors (Lipinski definition) is 4. The SMILES string of the molecule is COC.Nc1ncc(C=O)cc1-c1cccc(Cl)c1. The van der Waals surface area contributed by atoms with Crippen molar-refractivity contribution in [3.8, 4) is 11.1 Å². The highest BCUT2D eigenvalue weighted by atomic mass is 35.5. The van der Waals surface area contributed by atoms with Crippen molar-refractivity contribution in [3.63, 3.8) is 0 Å². The van der Waals surface area contributed by atoms with E-state index in [0.29, 0.717) is 22.0 Å². The normalized spacial score (nSPS) is 9.42. The summed E-state index contributed by atoms with van der Waals surface area (Å²) in [6.45, 7) is 0. The Bertz CT molecular complexity index is 559. The van der Waals surface area contributed by atoms with E-state index in [9.17, 15) is 4.79 Å². The molecule has 0 amide bonds. The van der Waals surface area contributed by atoms with E-state index in [1.807, 2.05) is 12.1 Å². The van der Waals surface area contributed by atoms with Gasteiger partial charge in [0.05, 0.1) is 0 Å². The number of hydrogen-bond donors (Lipinski definition) is 1. The number of carbonyl (C=O) groups is 1. The highest BCUT2D eigenvalue weighted by molar-refractivity contribution is 6.30. The van der Waals surface area contributed by atoms with Gasteiger partial charge in [0.15, 0.2) is 6.29 Å². The van der Waals surface area contributed by atoms with Crippen molar-refractivity contribution in [2.45, 2.75) is 0 Å². The molecule has 4 nitrogen and oxygen atoms in total. The van der Waals surface area contributed by atoms with Crippen LogP contribution in [-0.2, 0) is 4.74 Å². The summed E-state index contributed by atoms with van der Waals surface area (Å²) in [6, 6.07) is 8.95. The van der Waals surface area contributed by atoms with Crippen LogP contribution in [0.5, 0.6) is 0 Å². The molecule has 2 rings (SSSR count). The summed E-state index contributed by atoms with van der Waals surface area (Å²) in [7, 11) is 3.25. The predicted octanol–water partition coefficient (Wildman–Crippen LogP) is 3.06. The van der Waals surface area contributed by atoms with Crippen molar-refractivity contribution in [1.29, 1.82) is 0 Å². The van der Waals surface area contributed by atoms with Crippen molar-refractivity contribution < 1.29 is 9.53 Å². The number of methoxy groups -OCH3 is 1. The fourth-order valence-electron chi connectivity index (χ4n) is 1.44. The lowest BCUT2D eigenvalue weighted by atomic mass is 10.1. The van der Waals surface area contributed by atoms with E-state index in [2.05, 4.69) is 9.72 Å². The summed E-state index contributed by atoms with van der Waals surface area (Å²) in [5.41, 5.74) is 7.81. The minimum absolute atomic E-state index is 0.382. The number of rotatable bonds is 2. The molecule has 1 heterocycles. The average Bonchev–Trinajstić information content (AvgIpc) is 2.40. The van der Waals surface area contributed by atoms with E-state index in [1.165, 1.54) is 6.20 Å². The average molecular weight is 279 g/mol. The van der Waals surface area contributed by atoms with Gasteiger partial charge < -0.3 is 10.5 Å². The third-order valence-corrected chi connectivity index (χ3v) is 2.45. The Morgan fingerprint density at radius 3 is 2.58 bits per heavy atom. The van der Waals surface area contributed by atoms with Crippen LogP contribution in [0.25, 0.3) is 11.1 Å². The molecule has 0 unspecified atom stereocenters. The molecule has 0 fully saturated rings. The summed E-state index contributed by atoms with van der Waals surface area (Å²) in [5.74, 6) is 0.382. The lowest BCUT2D eigenvalue weighted by Crippen LogP contribution is -1.95. The molecule has 19 heavy (non-hydrogen) atoms. The molecule has 2 N–H and O–H groups in total. The molecular formula is C14H15ClN2O2. The number of nitrogen functional groups attached to an aromatic ring is 1. The molecular weight excluding hydrogens is 264 g/mol. The van der Waals surface area contributed by atoms with Gasteiger partial charge in [0, 0.05) is 36.6 Å². The molecule has 0 atom stereocenters. The number of carbonyl (C=O) groups excluding carboxylic acids is 1. The van der Waals surface area contributed by atoms with E-state index < -0.39 is 0 Å². The molecule has 0 aliphatic heterocycles. The number of anilines is 1. The van der Waals surface area contributed by atoms with E-state index in [1.54, 1.807) is 32.4 Å². The smallest absolute Gasteiger partial charge is 0.151 e. The minimum atomic E-state index is 0.382. The van der Waals surface area contributed by atoms with E-state index in [0.717, 1.165) is 11.8 Å². The zero-order chi connectivity index (χ0) is 14.3. The van der Waals surface area contributed by atoms with Crippen LogP contribution in [0, 0.1) is 0 Å². The molecule has 5 heteroatoms. The predicted molar refractivity (Wildman–Crippen MR) is 77.4 cm³/mol. The Balaban J connectivity index is 0.000000550. The molecule has 1 aromatic carbocycles. The molecule has 1 aromatic heterocycles. The quantitative estimate of drug-likeness (QED) is 0.858. The van der Waals surface area contributed by atoms with Gasteiger partial charge in [0.1, 0.15) is 5.82 Å². The summed E-state index contributed by atoms with van der Waals surface area (Å²) in [6.07, 6.45) is 2.18. The fraction of sp³-hybridized carbons (Fsp3) is 0.143. The second-order valence-corrected chi connectivity index (χ2v) is 4.17.